The number of alkyl halides is 1. The zero-order valence-corrected chi connectivity index (χ0v) is 5.51. The van der Waals surface area contributed by atoms with Crippen LogP contribution < -0.4 is 0 Å². The van der Waals surface area contributed by atoms with Crippen LogP contribution in [-0.2, 0) is 4.79 Å². The van der Waals surface area contributed by atoms with Crippen molar-refractivity contribution in [2.24, 2.45) is 0 Å². The van der Waals surface area contributed by atoms with Crippen molar-refractivity contribution < 1.29 is 29.6 Å². The molecule has 0 aromatic heterocycles. The molecule has 0 aliphatic heterocycles. The van der Waals surface area contributed by atoms with E-state index in [-0.39, 0.29) is 0 Å². The van der Waals surface area contributed by atoms with Gasteiger partial charge in [0.15, 0.2) is 6.29 Å². The van der Waals surface area contributed by atoms with Crippen LogP contribution >= 0.6 is 0 Å². The number of halogens is 1. The number of aliphatic hydroxyl groups is 4. The number of rotatable bonds is 4. The van der Waals surface area contributed by atoms with E-state index in [1.54, 1.807) is 0 Å². The van der Waals surface area contributed by atoms with Crippen LogP contribution in [-0.4, -0.2) is 51.4 Å². The summed E-state index contributed by atoms with van der Waals surface area (Å²) in [6.45, 7) is -0.943. The maximum absolute atomic E-state index is 12.3. The van der Waals surface area contributed by atoms with Crippen molar-refractivity contribution >= 4 is 6.29 Å². The molecule has 0 fully saturated rings. The zero-order valence-electron chi connectivity index (χ0n) is 5.51. The van der Waals surface area contributed by atoms with Gasteiger partial charge in [-0.1, -0.05) is 0 Å². The lowest BCUT2D eigenvalue weighted by molar-refractivity contribution is -0.195. The largest absolute Gasteiger partial charge is 0.394 e. The summed E-state index contributed by atoms with van der Waals surface area (Å²) in [5, 5.41) is 33.6. The predicted octanol–water partition coefficient (Wildman–Crippen LogP) is -2.44. The van der Waals surface area contributed by atoms with Gasteiger partial charge in [0.05, 0.1) is 6.61 Å². The average molecular weight is 168 g/mol. The Labute approximate surface area is 61.7 Å². The first kappa shape index (κ1) is 10.4. The Kier molecular flexibility index (Phi) is 3.53. The Morgan fingerprint density at radius 3 is 2.27 bits per heavy atom. The minimum absolute atomic E-state index is 0.559. The van der Waals surface area contributed by atoms with E-state index >= 15 is 0 Å². The highest BCUT2D eigenvalue weighted by Gasteiger charge is 2.39. The Morgan fingerprint density at radius 2 is 2.00 bits per heavy atom. The van der Waals surface area contributed by atoms with Crippen molar-refractivity contribution in [3.63, 3.8) is 0 Å². The average Bonchev–Trinajstić information content (AvgIpc) is 2.01. The standard InChI is InChI=1S/C5H9FO5/c6-5(11,2-8)4(10)3(9)1-7/h2-4,7,9-11H,1H2/t3?,4?,5-/m0/s1. The van der Waals surface area contributed by atoms with Gasteiger partial charge in [-0.2, -0.15) is 0 Å². The molecule has 2 unspecified atom stereocenters. The van der Waals surface area contributed by atoms with Crippen LogP contribution in [0.25, 0.3) is 0 Å². The summed E-state index contributed by atoms with van der Waals surface area (Å²) in [6.07, 6.45) is -4.77. The molecule has 0 aliphatic rings. The SMILES string of the molecule is O=C[C@@](O)(F)C(O)C(O)CO. The fourth-order valence-corrected chi connectivity index (χ4v) is 0.439. The minimum atomic E-state index is -3.51. The molecule has 3 atom stereocenters. The number of hydrogen-bond donors (Lipinski definition) is 4. The number of aldehydes is 1. The predicted molar refractivity (Wildman–Crippen MR) is 31.2 cm³/mol. The summed E-state index contributed by atoms with van der Waals surface area (Å²) < 4.78 is 12.3. The fourth-order valence-electron chi connectivity index (χ4n) is 0.439. The van der Waals surface area contributed by atoms with Crippen molar-refractivity contribution in [2.45, 2.75) is 18.1 Å². The number of aliphatic hydroxyl groups excluding tert-OH is 3. The van der Waals surface area contributed by atoms with Crippen LogP contribution in [0.2, 0.25) is 0 Å². The molecule has 0 heterocycles. The minimum Gasteiger partial charge on any atom is -0.394 e. The third kappa shape index (κ3) is 2.51. The lowest BCUT2D eigenvalue weighted by Crippen LogP contribution is -2.48. The van der Waals surface area contributed by atoms with Gasteiger partial charge in [0.25, 0.3) is 5.85 Å². The maximum atomic E-state index is 12.3. The molecule has 0 aliphatic carbocycles. The number of hydrogen-bond acceptors (Lipinski definition) is 5. The third-order valence-corrected chi connectivity index (χ3v) is 1.13. The quantitative estimate of drug-likeness (QED) is 0.349. The van der Waals surface area contributed by atoms with Crippen molar-refractivity contribution in [2.75, 3.05) is 6.61 Å². The summed E-state index contributed by atoms with van der Waals surface area (Å²) in [5.41, 5.74) is 0. The summed E-state index contributed by atoms with van der Waals surface area (Å²) in [5.74, 6) is -3.51. The maximum Gasteiger partial charge on any atom is 0.291 e. The molecule has 0 saturated carbocycles. The lowest BCUT2D eigenvalue weighted by atomic mass is 10.1. The van der Waals surface area contributed by atoms with Crippen molar-refractivity contribution in [1.82, 2.24) is 0 Å². The fraction of sp³-hybridized carbons (Fsp3) is 0.800. The van der Waals surface area contributed by atoms with E-state index in [0.29, 0.717) is 0 Å². The zero-order chi connectivity index (χ0) is 9.07. The van der Waals surface area contributed by atoms with E-state index < -0.39 is 31.0 Å². The Balaban J connectivity index is 4.21. The van der Waals surface area contributed by atoms with E-state index in [0.717, 1.165) is 0 Å². The third-order valence-electron chi connectivity index (χ3n) is 1.13. The topological polar surface area (TPSA) is 98.0 Å². The highest BCUT2D eigenvalue weighted by molar-refractivity contribution is 5.60. The second-order valence-corrected chi connectivity index (χ2v) is 2.04. The van der Waals surface area contributed by atoms with Gasteiger partial charge in [-0.3, -0.25) is 4.79 Å². The molecule has 0 rings (SSSR count). The van der Waals surface area contributed by atoms with E-state index in [1.807, 2.05) is 0 Å². The van der Waals surface area contributed by atoms with Gasteiger partial charge in [-0.25, -0.2) is 4.39 Å². The molecule has 0 amide bonds. The van der Waals surface area contributed by atoms with Gasteiger partial charge >= 0.3 is 0 Å². The van der Waals surface area contributed by atoms with E-state index in [1.165, 1.54) is 0 Å². The molecule has 0 saturated heterocycles. The van der Waals surface area contributed by atoms with Gasteiger partial charge < -0.3 is 20.4 Å². The second-order valence-electron chi connectivity index (χ2n) is 2.04. The van der Waals surface area contributed by atoms with Gasteiger partial charge in [0.1, 0.15) is 12.2 Å². The van der Waals surface area contributed by atoms with E-state index in [2.05, 4.69) is 0 Å². The molecule has 6 heteroatoms. The number of carbonyl (C=O) groups is 1. The van der Waals surface area contributed by atoms with Crippen molar-refractivity contribution in [3.8, 4) is 0 Å². The highest BCUT2D eigenvalue weighted by atomic mass is 19.2. The molecule has 0 radical (unpaired) electrons. The molecule has 0 aromatic carbocycles. The Morgan fingerprint density at radius 1 is 1.55 bits per heavy atom. The Hall–Kier alpha value is -0.560. The first-order valence-corrected chi connectivity index (χ1v) is 2.80. The van der Waals surface area contributed by atoms with Crippen LogP contribution in [0.15, 0.2) is 0 Å². The summed E-state index contributed by atoms with van der Waals surface area (Å²) in [6, 6.07) is 0. The summed E-state index contributed by atoms with van der Waals surface area (Å²) in [7, 11) is 0. The van der Waals surface area contributed by atoms with Crippen molar-refractivity contribution in [1.29, 1.82) is 0 Å². The molecule has 0 spiro atoms. The monoisotopic (exact) mass is 168 g/mol. The molecule has 0 aromatic rings. The van der Waals surface area contributed by atoms with Gasteiger partial charge in [0.2, 0.25) is 0 Å². The van der Waals surface area contributed by atoms with E-state index in [4.69, 9.17) is 20.4 Å². The van der Waals surface area contributed by atoms with E-state index in [9.17, 15) is 9.18 Å². The smallest absolute Gasteiger partial charge is 0.291 e. The van der Waals surface area contributed by atoms with Crippen LogP contribution in [0.1, 0.15) is 0 Å². The molecule has 66 valence electrons. The second kappa shape index (κ2) is 3.72. The normalized spacial score (nSPS) is 21.9. The molecule has 5 nitrogen and oxygen atoms in total. The van der Waals surface area contributed by atoms with Crippen molar-refractivity contribution in [3.05, 3.63) is 0 Å². The van der Waals surface area contributed by atoms with Gasteiger partial charge in [0, 0.05) is 0 Å². The van der Waals surface area contributed by atoms with Gasteiger partial charge in [-0.05, 0) is 0 Å². The molecule has 0 bridgehead atoms. The first-order valence-electron chi connectivity index (χ1n) is 2.80. The van der Waals surface area contributed by atoms with Crippen LogP contribution in [0.3, 0.4) is 0 Å². The van der Waals surface area contributed by atoms with Crippen LogP contribution in [0.4, 0.5) is 4.39 Å². The molecule has 4 N–H and O–H groups in total. The highest BCUT2D eigenvalue weighted by Crippen LogP contribution is 2.12. The van der Waals surface area contributed by atoms with Crippen LogP contribution in [0.5, 0.6) is 0 Å². The molecular formula is C5H9FO5. The number of carbonyl (C=O) groups excluding carboxylic acids is 1. The Bertz CT molecular complexity index is 137. The molecular weight excluding hydrogens is 159 g/mol. The van der Waals surface area contributed by atoms with Gasteiger partial charge in [-0.15, -0.1) is 0 Å². The lowest BCUT2D eigenvalue weighted by Gasteiger charge is -2.22. The molecule has 11 heavy (non-hydrogen) atoms. The first-order chi connectivity index (χ1) is 4.95. The summed E-state index contributed by atoms with van der Waals surface area (Å²) in [4.78, 5) is 9.71. The summed E-state index contributed by atoms with van der Waals surface area (Å²) >= 11 is 0. The van der Waals surface area contributed by atoms with Crippen LogP contribution in [0, 0.1) is 0 Å².